The van der Waals surface area contributed by atoms with Crippen LogP contribution in [-0.4, -0.2) is 27.0 Å². The highest BCUT2D eigenvalue weighted by molar-refractivity contribution is 5.97. The molecule has 2 aromatic heterocycles. The summed E-state index contributed by atoms with van der Waals surface area (Å²) in [5, 5.41) is 4.24. The van der Waals surface area contributed by atoms with Crippen LogP contribution in [0.15, 0.2) is 53.5 Å². The zero-order valence-electron chi connectivity index (χ0n) is 16.9. The highest BCUT2D eigenvalue weighted by atomic mass is 16.2. The van der Waals surface area contributed by atoms with Gasteiger partial charge in [0.25, 0.3) is 5.91 Å². The average molecular weight is 402 g/mol. The van der Waals surface area contributed by atoms with Crippen LogP contribution in [0.3, 0.4) is 0 Å². The van der Waals surface area contributed by atoms with E-state index in [4.69, 9.17) is 0 Å². The summed E-state index contributed by atoms with van der Waals surface area (Å²) < 4.78 is 1.87. The lowest BCUT2D eigenvalue weighted by atomic mass is 10.1. The number of hydrogen-bond acceptors (Lipinski definition) is 2. The first-order valence-electron chi connectivity index (χ1n) is 10.8. The summed E-state index contributed by atoms with van der Waals surface area (Å²) in [5.41, 5.74) is 4.54. The summed E-state index contributed by atoms with van der Waals surface area (Å²) in [7, 11) is 0. The summed E-state index contributed by atoms with van der Waals surface area (Å²) >= 11 is 0. The lowest BCUT2D eigenvalue weighted by Gasteiger charge is -2.11. The van der Waals surface area contributed by atoms with Gasteiger partial charge in [0.05, 0.1) is 11.0 Å². The van der Waals surface area contributed by atoms with Crippen molar-refractivity contribution < 1.29 is 4.79 Å². The van der Waals surface area contributed by atoms with Gasteiger partial charge in [0, 0.05) is 35.2 Å². The van der Waals surface area contributed by atoms with Gasteiger partial charge in [-0.2, -0.15) is 0 Å². The van der Waals surface area contributed by atoms with Crippen molar-refractivity contribution in [1.29, 1.82) is 0 Å². The van der Waals surface area contributed by atoms with Gasteiger partial charge in [-0.3, -0.25) is 9.36 Å². The first-order valence-corrected chi connectivity index (χ1v) is 10.8. The summed E-state index contributed by atoms with van der Waals surface area (Å²) in [5.74, 6) is -0.106. The Morgan fingerprint density at radius 2 is 1.93 bits per heavy atom. The number of aromatic nitrogens is 3. The maximum absolute atomic E-state index is 12.6. The smallest absolute Gasteiger partial charge is 0.326 e. The lowest BCUT2D eigenvalue weighted by molar-refractivity contribution is 0.0953. The quantitative estimate of drug-likeness (QED) is 0.421. The van der Waals surface area contributed by atoms with E-state index in [9.17, 15) is 9.59 Å². The zero-order chi connectivity index (χ0) is 20.5. The van der Waals surface area contributed by atoms with Crippen LogP contribution in [0.5, 0.6) is 0 Å². The molecule has 1 amide bonds. The molecule has 2 aromatic carbocycles. The van der Waals surface area contributed by atoms with Gasteiger partial charge in [-0.15, -0.1) is 0 Å². The van der Waals surface area contributed by atoms with Crippen molar-refractivity contribution in [1.82, 2.24) is 19.9 Å². The topological polar surface area (TPSA) is 82.7 Å². The second-order valence-electron chi connectivity index (χ2n) is 8.19. The molecule has 0 aliphatic heterocycles. The van der Waals surface area contributed by atoms with Crippen molar-refractivity contribution in [2.24, 2.45) is 0 Å². The van der Waals surface area contributed by atoms with Crippen LogP contribution in [0.1, 0.15) is 54.1 Å². The van der Waals surface area contributed by atoms with E-state index in [0.717, 1.165) is 42.2 Å². The molecule has 6 nitrogen and oxygen atoms in total. The molecule has 0 radical (unpaired) electrons. The fourth-order valence-electron chi connectivity index (χ4n) is 4.72. The fourth-order valence-corrected chi connectivity index (χ4v) is 4.72. The number of fused-ring (bicyclic) bond motifs is 2. The van der Waals surface area contributed by atoms with E-state index < -0.39 is 0 Å². The van der Waals surface area contributed by atoms with Crippen molar-refractivity contribution in [3.63, 3.8) is 0 Å². The van der Waals surface area contributed by atoms with Crippen LogP contribution in [-0.2, 0) is 6.42 Å². The number of amides is 1. The number of aromatic amines is 2. The number of carbonyl (C=O) groups excluding carboxylic acids is 1. The van der Waals surface area contributed by atoms with Gasteiger partial charge in [-0.25, -0.2) is 4.79 Å². The Morgan fingerprint density at radius 1 is 1.10 bits per heavy atom. The van der Waals surface area contributed by atoms with E-state index in [0.29, 0.717) is 12.1 Å². The molecule has 0 atom stereocenters. The molecular formula is C24H26N4O2. The molecule has 6 heteroatoms. The Morgan fingerprint density at radius 3 is 2.80 bits per heavy atom. The summed E-state index contributed by atoms with van der Waals surface area (Å²) in [6.45, 7) is 0.607. The predicted octanol–water partition coefficient (Wildman–Crippen LogP) is 4.29. The van der Waals surface area contributed by atoms with Crippen LogP contribution in [0.25, 0.3) is 21.9 Å². The Bertz CT molecular complexity index is 1260. The lowest BCUT2D eigenvalue weighted by Crippen LogP contribution is -2.24. The van der Waals surface area contributed by atoms with Gasteiger partial charge in [-0.05, 0) is 55.5 Å². The number of nitrogens with one attached hydrogen (secondary N) is 3. The molecule has 1 aliphatic rings. The third-order valence-corrected chi connectivity index (χ3v) is 6.25. The molecular weight excluding hydrogens is 376 g/mol. The molecule has 0 saturated heterocycles. The van der Waals surface area contributed by atoms with Crippen molar-refractivity contribution in [3.05, 3.63) is 70.3 Å². The van der Waals surface area contributed by atoms with E-state index in [1.165, 1.54) is 23.8 Å². The highest BCUT2D eigenvalue weighted by Crippen LogP contribution is 2.30. The molecule has 3 N–H and O–H groups in total. The van der Waals surface area contributed by atoms with E-state index in [-0.39, 0.29) is 17.6 Å². The summed E-state index contributed by atoms with van der Waals surface area (Å²) in [4.78, 5) is 31.2. The van der Waals surface area contributed by atoms with Crippen LogP contribution in [0.2, 0.25) is 0 Å². The Kier molecular flexibility index (Phi) is 4.91. The standard InChI is InChI=1S/C24H26N4O2/c29-23(25-13-5-6-17-15-26-20-10-4-3-9-19(17)20)16-11-12-22-21(14-16)27-24(30)28(22)18-7-1-2-8-18/h3-4,9-12,14-15,18,26H,1-2,5-8,13H2,(H,25,29)(H,27,30). The van der Waals surface area contributed by atoms with E-state index >= 15 is 0 Å². The zero-order valence-corrected chi connectivity index (χ0v) is 16.9. The third-order valence-electron chi connectivity index (χ3n) is 6.25. The van der Waals surface area contributed by atoms with Crippen LogP contribution >= 0.6 is 0 Å². The first-order chi connectivity index (χ1) is 14.7. The summed E-state index contributed by atoms with van der Waals surface area (Å²) in [6.07, 6.45) is 8.25. The van der Waals surface area contributed by atoms with Crippen molar-refractivity contribution >= 4 is 27.8 Å². The number of nitrogens with zero attached hydrogens (tertiary/aromatic N) is 1. The third kappa shape index (κ3) is 3.43. The monoisotopic (exact) mass is 402 g/mol. The summed E-state index contributed by atoms with van der Waals surface area (Å²) in [6, 6.07) is 14.0. The molecule has 1 fully saturated rings. The maximum atomic E-state index is 12.6. The van der Waals surface area contributed by atoms with Crippen LogP contribution < -0.4 is 11.0 Å². The Labute approximate surface area is 174 Å². The number of para-hydroxylation sites is 1. The molecule has 4 aromatic rings. The molecule has 1 aliphatic carbocycles. The number of H-pyrrole nitrogens is 2. The molecule has 0 unspecified atom stereocenters. The van der Waals surface area contributed by atoms with Gasteiger partial charge < -0.3 is 15.3 Å². The predicted molar refractivity (Wildman–Crippen MR) is 119 cm³/mol. The highest BCUT2D eigenvalue weighted by Gasteiger charge is 2.21. The number of rotatable bonds is 6. The van der Waals surface area contributed by atoms with E-state index in [1.807, 2.05) is 35.0 Å². The van der Waals surface area contributed by atoms with E-state index in [1.54, 1.807) is 6.07 Å². The van der Waals surface area contributed by atoms with Gasteiger partial charge >= 0.3 is 5.69 Å². The van der Waals surface area contributed by atoms with Gasteiger partial charge in [0.1, 0.15) is 0 Å². The first kappa shape index (κ1) is 18.7. The van der Waals surface area contributed by atoms with Gasteiger partial charge in [0.2, 0.25) is 0 Å². The molecule has 154 valence electrons. The second-order valence-corrected chi connectivity index (χ2v) is 8.19. The second kappa shape index (κ2) is 7.86. The van der Waals surface area contributed by atoms with Crippen molar-refractivity contribution in [3.8, 4) is 0 Å². The average Bonchev–Trinajstić information content (AvgIpc) is 3.48. The van der Waals surface area contributed by atoms with Crippen LogP contribution in [0.4, 0.5) is 0 Å². The number of hydrogen-bond donors (Lipinski definition) is 3. The van der Waals surface area contributed by atoms with Crippen molar-refractivity contribution in [2.75, 3.05) is 6.54 Å². The van der Waals surface area contributed by atoms with Gasteiger partial charge in [0.15, 0.2) is 0 Å². The van der Waals surface area contributed by atoms with Crippen LogP contribution in [0, 0.1) is 0 Å². The van der Waals surface area contributed by atoms with Crippen molar-refractivity contribution in [2.45, 2.75) is 44.6 Å². The Balaban J connectivity index is 1.23. The molecule has 0 spiro atoms. The molecule has 5 rings (SSSR count). The molecule has 2 heterocycles. The molecule has 0 bridgehead atoms. The minimum Gasteiger partial charge on any atom is -0.361 e. The number of carbonyl (C=O) groups is 1. The Hall–Kier alpha value is -3.28. The normalized spacial score (nSPS) is 14.7. The maximum Gasteiger partial charge on any atom is 0.326 e. The number of imidazole rings is 1. The largest absolute Gasteiger partial charge is 0.361 e. The number of aryl methyl sites for hydroxylation is 1. The van der Waals surface area contributed by atoms with Gasteiger partial charge in [-0.1, -0.05) is 31.0 Å². The molecule has 30 heavy (non-hydrogen) atoms. The fraction of sp³-hybridized carbons (Fsp3) is 0.333. The minimum atomic E-state index is -0.106. The SMILES string of the molecule is O=C(NCCCc1c[nH]c2ccccc12)c1ccc2c(c1)[nH]c(=O)n2C1CCCC1. The molecule has 1 saturated carbocycles. The van der Waals surface area contributed by atoms with E-state index in [2.05, 4.69) is 27.4 Å². The minimum absolute atomic E-state index is 0.0758. The number of benzene rings is 2.